The quantitative estimate of drug-likeness (QED) is 0.237. The molecule has 202 valence electrons. The van der Waals surface area contributed by atoms with Crippen LogP contribution >= 0.6 is 23.4 Å². The molecule has 0 spiro atoms. The van der Waals surface area contributed by atoms with Gasteiger partial charge in [-0.25, -0.2) is 14.6 Å². The molecule has 4 aromatic rings. The lowest BCUT2D eigenvalue weighted by molar-refractivity contribution is -0.128. The molecule has 2 aliphatic carbocycles. The van der Waals surface area contributed by atoms with Crippen molar-refractivity contribution in [2.75, 3.05) is 11.9 Å². The molecule has 10 nitrogen and oxygen atoms in total. The number of nitrogens with one attached hydrogen (secondary N) is 2. The van der Waals surface area contributed by atoms with Crippen LogP contribution in [0.25, 0.3) is 11.2 Å². The summed E-state index contributed by atoms with van der Waals surface area (Å²) in [7, 11) is 0. The van der Waals surface area contributed by atoms with Gasteiger partial charge in [-0.15, -0.1) is 5.10 Å². The van der Waals surface area contributed by atoms with Crippen molar-refractivity contribution >= 4 is 46.3 Å². The highest BCUT2D eigenvalue weighted by molar-refractivity contribution is 7.99. The molecule has 2 fully saturated rings. The minimum Gasteiger partial charge on any atom is -0.390 e. The van der Waals surface area contributed by atoms with Gasteiger partial charge in [0.05, 0.1) is 18.1 Å². The van der Waals surface area contributed by atoms with Gasteiger partial charge in [-0.05, 0) is 55.3 Å². The van der Waals surface area contributed by atoms with E-state index in [1.807, 2.05) is 43.3 Å². The van der Waals surface area contributed by atoms with Crippen LogP contribution in [0.15, 0.2) is 64.6 Å². The summed E-state index contributed by atoms with van der Waals surface area (Å²) in [6, 6.07) is 17.2. The SMILES string of the molecule is CCNC(=O)C1CC(n2nnc3c(NC4CC4c4ccccc4)nc(Sc4cccc(Cl)c4)nc32)C(O)C1O. The Bertz CT molecular complexity index is 1500. The molecule has 2 aliphatic rings. The Balaban J connectivity index is 1.35. The van der Waals surface area contributed by atoms with Gasteiger partial charge in [0.25, 0.3) is 0 Å². The summed E-state index contributed by atoms with van der Waals surface area (Å²) in [5.41, 5.74) is 2.14. The maximum absolute atomic E-state index is 12.5. The Labute approximate surface area is 234 Å². The molecule has 39 heavy (non-hydrogen) atoms. The van der Waals surface area contributed by atoms with E-state index in [1.54, 1.807) is 6.07 Å². The number of amides is 1. The highest BCUT2D eigenvalue weighted by Gasteiger charge is 2.47. The lowest BCUT2D eigenvalue weighted by atomic mass is 10.0. The van der Waals surface area contributed by atoms with E-state index in [-0.39, 0.29) is 18.4 Å². The molecule has 0 radical (unpaired) electrons. The zero-order valence-electron chi connectivity index (χ0n) is 21.1. The van der Waals surface area contributed by atoms with Gasteiger partial charge in [0, 0.05) is 28.4 Å². The number of rotatable bonds is 8. The van der Waals surface area contributed by atoms with Crippen molar-refractivity contribution in [3.8, 4) is 0 Å². The first-order valence-electron chi connectivity index (χ1n) is 12.9. The first-order valence-corrected chi connectivity index (χ1v) is 14.1. The Hall–Kier alpha value is -3.25. The number of aliphatic hydroxyl groups is 2. The van der Waals surface area contributed by atoms with Crippen LogP contribution in [-0.2, 0) is 4.79 Å². The van der Waals surface area contributed by atoms with Gasteiger partial charge in [-0.3, -0.25) is 4.79 Å². The smallest absolute Gasteiger partial charge is 0.225 e. The van der Waals surface area contributed by atoms with Gasteiger partial charge in [-0.1, -0.05) is 53.2 Å². The molecule has 2 heterocycles. The standard InChI is InChI=1S/C27H28ClN7O3S/c1-2-29-26(38)18-13-20(23(37)22(18)36)35-25-21(33-34-35)24(30-19-12-17(19)14-7-4-3-5-8-14)31-27(32-25)39-16-10-6-9-15(28)11-16/h3-11,17-20,22-23,36-37H,2,12-13H2,1H3,(H,29,38)(H,30,31,32). The van der Waals surface area contributed by atoms with Gasteiger partial charge >= 0.3 is 0 Å². The Kier molecular flexibility index (Phi) is 7.15. The third-order valence-electron chi connectivity index (χ3n) is 7.30. The molecular formula is C27H28ClN7O3S. The van der Waals surface area contributed by atoms with E-state index in [1.165, 1.54) is 22.0 Å². The highest BCUT2D eigenvalue weighted by atomic mass is 35.5. The number of nitrogens with zero attached hydrogens (tertiary/aromatic N) is 5. The fourth-order valence-corrected chi connectivity index (χ4v) is 6.30. The number of carbonyl (C=O) groups is 1. The van der Waals surface area contributed by atoms with Crippen LogP contribution in [0.2, 0.25) is 5.02 Å². The molecule has 6 atom stereocenters. The summed E-state index contributed by atoms with van der Waals surface area (Å²) >= 11 is 7.55. The Morgan fingerprint density at radius 2 is 1.92 bits per heavy atom. The van der Waals surface area contributed by atoms with Crippen LogP contribution in [0.3, 0.4) is 0 Å². The second-order valence-electron chi connectivity index (χ2n) is 9.91. The Morgan fingerprint density at radius 3 is 2.69 bits per heavy atom. The summed E-state index contributed by atoms with van der Waals surface area (Å²) < 4.78 is 1.51. The maximum Gasteiger partial charge on any atom is 0.225 e. The molecule has 2 aromatic heterocycles. The van der Waals surface area contributed by atoms with Crippen molar-refractivity contribution in [3.63, 3.8) is 0 Å². The van der Waals surface area contributed by atoms with Crippen molar-refractivity contribution in [2.45, 2.75) is 60.0 Å². The number of carbonyl (C=O) groups excluding carboxylic acids is 1. The number of aliphatic hydroxyl groups excluding tert-OH is 2. The van der Waals surface area contributed by atoms with Gasteiger partial charge in [0.2, 0.25) is 5.91 Å². The number of halogens is 1. The largest absolute Gasteiger partial charge is 0.390 e. The fraction of sp³-hybridized carbons (Fsp3) is 0.370. The number of hydrogen-bond acceptors (Lipinski definition) is 9. The normalized spacial score (nSPS) is 26.1. The van der Waals surface area contributed by atoms with Crippen molar-refractivity contribution in [1.82, 2.24) is 30.3 Å². The Morgan fingerprint density at radius 1 is 1.10 bits per heavy atom. The minimum absolute atomic E-state index is 0.181. The van der Waals surface area contributed by atoms with Crippen LogP contribution < -0.4 is 10.6 Å². The van der Waals surface area contributed by atoms with Crippen LogP contribution in [0.4, 0.5) is 5.82 Å². The van der Waals surface area contributed by atoms with Crippen LogP contribution in [0.1, 0.15) is 37.3 Å². The number of aromatic nitrogens is 5. The van der Waals surface area contributed by atoms with Gasteiger partial charge in [-0.2, -0.15) is 0 Å². The first kappa shape index (κ1) is 26.0. The number of hydrogen-bond donors (Lipinski definition) is 4. The summed E-state index contributed by atoms with van der Waals surface area (Å²) in [6.07, 6.45) is -1.26. The summed E-state index contributed by atoms with van der Waals surface area (Å²) in [5, 5.41) is 37.6. The fourth-order valence-electron chi connectivity index (χ4n) is 5.23. The second-order valence-corrected chi connectivity index (χ2v) is 11.4. The van der Waals surface area contributed by atoms with E-state index in [0.29, 0.717) is 39.6 Å². The lowest BCUT2D eigenvalue weighted by Crippen LogP contribution is -2.38. The summed E-state index contributed by atoms with van der Waals surface area (Å²) in [5.74, 6) is -0.152. The van der Waals surface area contributed by atoms with E-state index in [9.17, 15) is 15.0 Å². The minimum atomic E-state index is -1.22. The van der Waals surface area contributed by atoms with E-state index >= 15 is 0 Å². The monoisotopic (exact) mass is 565 g/mol. The molecular weight excluding hydrogens is 538 g/mol. The molecule has 1 amide bonds. The molecule has 0 aliphatic heterocycles. The highest BCUT2D eigenvalue weighted by Crippen LogP contribution is 2.44. The van der Waals surface area contributed by atoms with Crippen LogP contribution in [0, 0.1) is 5.92 Å². The maximum atomic E-state index is 12.5. The molecule has 6 rings (SSSR count). The lowest BCUT2D eigenvalue weighted by Gasteiger charge is -2.17. The molecule has 2 saturated carbocycles. The average molecular weight is 566 g/mol. The predicted molar refractivity (Wildman–Crippen MR) is 148 cm³/mol. The van der Waals surface area contributed by atoms with Crippen molar-refractivity contribution in [3.05, 3.63) is 65.2 Å². The second kappa shape index (κ2) is 10.7. The third kappa shape index (κ3) is 5.19. The van der Waals surface area contributed by atoms with E-state index in [4.69, 9.17) is 21.6 Å². The number of fused-ring (bicyclic) bond motifs is 1. The summed E-state index contributed by atoms with van der Waals surface area (Å²) in [4.78, 5) is 22.9. The van der Waals surface area contributed by atoms with Crippen LogP contribution in [0.5, 0.6) is 0 Å². The van der Waals surface area contributed by atoms with Crippen molar-refractivity contribution in [2.24, 2.45) is 5.92 Å². The summed E-state index contributed by atoms with van der Waals surface area (Å²) in [6.45, 7) is 2.25. The number of benzene rings is 2. The van der Waals surface area contributed by atoms with Gasteiger partial charge < -0.3 is 20.8 Å². The van der Waals surface area contributed by atoms with E-state index in [2.05, 4.69) is 33.1 Å². The van der Waals surface area contributed by atoms with Crippen molar-refractivity contribution in [1.29, 1.82) is 0 Å². The molecule has 6 unspecified atom stereocenters. The van der Waals surface area contributed by atoms with E-state index < -0.39 is 24.2 Å². The van der Waals surface area contributed by atoms with E-state index in [0.717, 1.165) is 11.3 Å². The van der Waals surface area contributed by atoms with Crippen molar-refractivity contribution < 1.29 is 15.0 Å². The first-order chi connectivity index (χ1) is 18.9. The molecule has 0 bridgehead atoms. The zero-order chi connectivity index (χ0) is 27.1. The molecule has 12 heteroatoms. The number of anilines is 1. The predicted octanol–water partition coefficient (Wildman–Crippen LogP) is 3.41. The third-order valence-corrected chi connectivity index (χ3v) is 8.39. The zero-order valence-corrected chi connectivity index (χ0v) is 22.7. The van der Waals surface area contributed by atoms with Crippen LogP contribution in [-0.4, -0.2) is 65.9 Å². The molecule has 4 N–H and O–H groups in total. The molecule has 2 aromatic carbocycles. The van der Waals surface area contributed by atoms with Gasteiger partial charge in [0.15, 0.2) is 22.1 Å². The average Bonchev–Trinajstić information content (AvgIpc) is 3.47. The topological polar surface area (TPSA) is 138 Å². The van der Waals surface area contributed by atoms with Gasteiger partial charge in [0.1, 0.15) is 6.10 Å². The molecule has 0 saturated heterocycles.